The summed E-state index contributed by atoms with van der Waals surface area (Å²) in [7, 11) is 1.81. The number of aromatic nitrogens is 2. The fraction of sp³-hybridized carbons (Fsp3) is 0.214. The first-order chi connectivity index (χ1) is 9.49. The topological polar surface area (TPSA) is 55.2 Å². The maximum absolute atomic E-state index is 12.1. The van der Waals surface area contributed by atoms with Crippen LogP contribution in [0.1, 0.15) is 21.7 Å². The van der Waals surface area contributed by atoms with Gasteiger partial charge < -0.3 is 0 Å². The normalized spacial score (nSPS) is 14.1. The second-order valence-electron chi connectivity index (χ2n) is 4.76. The molecule has 5 nitrogen and oxygen atoms in total. The van der Waals surface area contributed by atoms with E-state index in [2.05, 4.69) is 5.10 Å². The van der Waals surface area contributed by atoms with Crippen LogP contribution in [0, 0.1) is 6.92 Å². The summed E-state index contributed by atoms with van der Waals surface area (Å²) in [6, 6.07) is 6.96. The van der Waals surface area contributed by atoms with E-state index in [0.29, 0.717) is 17.3 Å². The highest BCUT2D eigenvalue weighted by Gasteiger charge is 2.37. The Kier molecular flexibility index (Phi) is 2.87. The van der Waals surface area contributed by atoms with Gasteiger partial charge in [0.15, 0.2) is 0 Å². The predicted octanol–water partition coefficient (Wildman–Crippen LogP) is 2.11. The van der Waals surface area contributed by atoms with Crippen LogP contribution >= 0.6 is 11.6 Å². The first-order valence-corrected chi connectivity index (χ1v) is 6.51. The van der Waals surface area contributed by atoms with Crippen molar-refractivity contribution >= 4 is 29.0 Å². The van der Waals surface area contributed by atoms with Gasteiger partial charge in [-0.2, -0.15) is 5.10 Å². The average molecular weight is 290 g/mol. The molecule has 0 atom stereocenters. The minimum atomic E-state index is -0.551. The summed E-state index contributed by atoms with van der Waals surface area (Å²) in [6.07, 6.45) is 0. The van der Waals surface area contributed by atoms with Crippen LogP contribution in [0.2, 0.25) is 5.02 Å². The van der Waals surface area contributed by atoms with Gasteiger partial charge in [0, 0.05) is 7.05 Å². The molecule has 1 aliphatic rings. The van der Waals surface area contributed by atoms with E-state index in [-0.39, 0.29) is 5.56 Å². The Morgan fingerprint density at radius 1 is 1.30 bits per heavy atom. The zero-order chi connectivity index (χ0) is 14.4. The number of amides is 1. The summed E-state index contributed by atoms with van der Waals surface area (Å²) in [4.78, 5) is 25.6. The molecule has 1 amide bonds. The molecule has 1 aromatic heterocycles. The van der Waals surface area contributed by atoms with Crippen molar-refractivity contribution in [1.29, 1.82) is 0 Å². The predicted molar refractivity (Wildman–Crippen MR) is 74.9 cm³/mol. The van der Waals surface area contributed by atoms with Gasteiger partial charge in [0.05, 0.1) is 34.2 Å². The monoisotopic (exact) mass is 289 g/mol. The van der Waals surface area contributed by atoms with Crippen LogP contribution < -0.4 is 4.90 Å². The molecular weight excluding hydrogens is 278 g/mol. The quantitative estimate of drug-likeness (QED) is 0.796. The Balaban J connectivity index is 2.04. The lowest BCUT2D eigenvalue weighted by molar-refractivity contribution is -0.114. The van der Waals surface area contributed by atoms with Gasteiger partial charge in [0.2, 0.25) is 0 Å². The van der Waals surface area contributed by atoms with E-state index in [1.165, 1.54) is 4.90 Å². The van der Waals surface area contributed by atoms with Crippen LogP contribution in [0.15, 0.2) is 24.3 Å². The lowest BCUT2D eigenvalue weighted by atomic mass is 10.1. The molecule has 0 aliphatic carbocycles. The minimum absolute atomic E-state index is 0.290. The summed E-state index contributed by atoms with van der Waals surface area (Å²) in [5, 5.41) is 4.55. The number of benzene rings is 1. The molecule has 0 unspecified atom stereocenters. The molecule has 0 saturated carbocycles. The van der Waals surface area contributed by atoms with Crippen LogP contribution in [0.3, 0.4) is 0 Å². The second-order valence-corrected chi connectivity index (χ2v) is 5.16. The third kappa shape index (κ3) is 1.82. The van der Waals surface area contributed by atoms with E-state index in [9.17, 15) is 9.59 Å². The molecule has 1 aliphatic heterocycles. The molecule has 3 rings (SSSR count). The number of carbonyl (C=O) groups is 2. The van der Waals surface area contributed by atoms with Gasteiger partial charge in [-0.05, 0) is 25.1 Å². The number of halogens is 1. The number of ketones is 1. The first-order valence-electron chi connectivity index (χ1n) is 6.13. The van der Waals surface area contributed by atoms with E-state index in [0.717, 1.165) is 11.4 Å². The van der Waals surface area contributed by atoms with E-state index in [1.807, 2.05) is 20.0 Å². The van der Waals surface area contributed by atoms with Crippen LogP contribution in [-0.4, -0.2) is 21.5 Å². The number of carbonyl (C=O) groups excluding carboxylic acids is 2. The van der Waals surface area contributed by atoms with Crippen molar-refractivity contribution in [3.8, 4) is 0 Å². The van der Waals surface area contributed by atoms with E-state index >= 15 is 0 Å². The second kappa shape index (κ2) is 4.45. The average Bonchev–Trinajstić information content (AvgIpc) is 2.83. The smallest absolute Gasteiger partial charge is 0.299 e. The van der Waals surface area contributed by atoms with Crippen molar-refractivity contribution in [2.45, 2.75) is 13.5 Å². The fourth-order valence-electron chi connectivity index (χ4n) is 2.43. The summed E-state index contributed by atoms with van der Waals surface area (Å²) >= 11 is 6.02. The van der Waals surface area contributed by atoms with Crippen LogP contribution in [0.25, 0.3) is 0 Å². The molecular formula is C14H12ClN3O2. The number of aryl methyl sites for hydroxylation is 2. The van der Waals surface area contributed by atoms with Gasteiger partial charge in [-0.1, -0.05) is 17.7 Å². The Morgan fingerprint density at radius 2 is 2.05 bits per heavy atom. The molecule has 102 valence electrons. The molecule has 0 bridgehead atoms. The maximum Gasteiger partial charge on any atom is 0.299 e. The number of fused-ring (bicyclic) bond motifs is 1. The third-order valence-corrected chi connectivity index (χ3v) is 3.68. The zero-order valence-electron chi connectivity index (χ0n) is 11.1. The van der Waals surface area contributed by atoms with E-state index in [4.69, 9.17) is 11.6 Å². The fourth-order valence-corrected chi connectivity index (χ4v) is 2.69. The highest BCUT2D eigenvalue weighted by molar-refractivity contribution is 6.55. The van der Waals surface area contributed by atoms with Crippen molar-refractivity contribution < 1.29 is 9.59 Å². The molecule has 2 heterocycles. The summed E-state index contributed by atoms with van der Waals surface area (Å²) < 4.78 is 1.70. The van der Waals surface area contributed by atoms with E-state index in [1.54, 1.807) is 22.9 Å². The molecule has 0 saturated heterocycles. The van der Waals surface area contributed by atoms with Crippen molar-refractivity contribution in [3.63, 3.8) is 0 Å². The Hall–Kier alpha value is -2.14. The van der Waals surface area contributed by atoms with Gasteiger partial charge >= 0.3 is 0 Å². The zero-order valence-corrected chi connectivity index (χ0v) is 11.8. The van der Waals surface area contributed by atoms with Crippen molar-refractivity contribution in [1.82, 2.24) is 9.78 Å². The van der Waals surface area contributed by atoms with Gasteiger partial charge in [-0.25, -0.2) is 0 Å². The Bertz CT molecular complexity index is 736. The minimum Gasteiger partial charge on any atom is -0.299 e. The maximum atomic E-state index is 12.1. The van der Waals surface area contributed by atoms with Gasteiger partial charge in [-0.3, -0.25) is 19.2 Å². The highest BCUT2D eigenvalue weighted by Crippen LogP contribution is 2.34. The van der Waals surface area contributed by atoms with Gasteiger partial charge in [0.1, 0.15) is 0 Å². The van der Waals surface area contributed by atoms with Gasteiger partial charge in [-0.15, -0.1) is 0 Å². The SMILES string of the molecule is Cc1cc(CN2C(=O)C(=O)c3c(Cl)cccc32)n(C)n1. The molecule has 20 heavy (non-hydrogen) atoms. The molecule has 0 N–H and O–H groups in total. The highest BCUT2D eigenvalue weighted by atomic mass is 35.5. The van der Waals surface area contributed by atoms with Crippen LogP contribution in [0.5, 0.6) is 0 Å². The number of hydrogen-bond donors (Lipinski definition) is 0. The lowest BCUT2D eigenvalue weighted by Crippen LogP contribution is -2.30. The molecule has 6 heteroatoms. The van der Waals surface area contributed by atoms with Gasteiger partial charge in [0.25, 0.3) is 11.7 Å². The number of Topliss-reactive ketones (excluding diaryl/α,β-unsaturated/α-hetero) is 1. The van der Waals surface area contributed by atoms with Crippen molar-refractivity contribution in [2.75, 3.05) is 4.90 Å². The molecule has 1 aromatic carbocycles. The van der Waals surface area contributed by atoms with E-state index < -0.39 is 11.7 Å². The van der Waals surface area contributed by atoms with Crippen molar-refractivity contribution in [2.24, 2.45) is 7.05 Å². The lowest BCUT2D eigenvalue weighted by Gasteiger charge is -2.16. The molecule has 0 spiro atoms. The number of hydrogen-bond acceptors (Lipinski definition) is 3. The summed E-state index contributed by atoms with van der Waals surface area (Å²) in [5.41, 5.74) is 2.58. The van der Waals surface area contributed by atoms with Crippen LogP contribution in [0.4, 0.5) is 5.69 Å². The summed E-state index contributed by atoms with van der Waals surface area (Å²) in [5.74, 6) is -1.10. The van der Waals surface area contributed by atoms with Crippen molar-refractivity contribution in [3.05, 3.63) is 46.2 Å². The largest absolute Gasteiger partial charge is 0.299 e. The number of rotatable bonds is 2. The van der Waals surface area contributed by atoms with Crippen LogP contribution in [-0.2, 0) is 18.4 Å². The third-order valence-electron chi connectivity index (χ3n) is 3.37. The summed E-state index contributed by atoms with van der Waals surface area (Å²) in [6.45, 7) is 2.18. The number of nitrogens with zero attached hydrogens (tertiary/aromatic N) is 3. The standard InChI is InChI=1S/C14H12ClN3O2/c1-8-6-9(17(2)16-8)7-18-11-5-3-4-10(15)12(11)13(19)14(18)20/h3-6H,7H2,1-2H3. The Labute approximate surface area is 120 Å². The molecule has 0 fully saturated rings. The Morgan fingerprint density at radius 3 is 2.70 bits per heavy atom. The number of anilines is 1. The molecule has 0 radical (unpaired) electrons. The first kappa shape index (κ1) is 12.9. The molecule has 2 aromatic rings.